The van der Waals surface area contributed by atoms with Crippen molar-refractivity contribution in [1.82, 2.24) is 14.6 Å². The summed E-state index contributed by atoms with van der Waals surface area (Å²) in [5.41, 5.74) is 1.75. The molecule has 0 amide bonds. The molecule has 0 unspecified atom stereocenters. The number of rotatable bonds is 3. The van der Waals surface area contributed by atoms with Gasteiger partial charge in [-0.05, 0) is 54.1 Å². The first-order valence-corrected chi connectivity index (χ1v) is 9.22. The average molecular weight is 401 g/mol. The summed E-state index contributed by atoms with van der Waals surface area (Å²) in [4.78, 5) is 21.8. The minimum absolute atomic E-state index is 0.283. The van der Waals surface area contributed by atoms with Crippen LogP contribution in [0.1, 0.15) is 5.56 Å². The zero-order chi connectivity index (χ0) is 19.8. The summed E-state index contributed by atoms with van der Waals surface area (Å²) in [5.74, 6) is 0.739. The van der Waals surface area contributed by atoms with Crippen LogP contribution in [0.3, 0.4) is 0 Å². The molecule has 5 rings (SSSR count). The van der Waals surface area contributed by atoms with Gasteiger partial charge in [-0.1, -0.05) is 23.7 Å². The van der Waals surface area contributed by atoms with E-state index in [4.69, 9.17) is 16.0 Å². The molecule has 7 heteroatoms. The summed E-state index contributed by atoms with van der Waals surface area (Å²) in [5, 5.41) is 6.29. The maximum atomic E-state index is 13.1. The SMILES string of the molecule is O=c1c2ccccc2nc(-c2cc3cc(Cl)ccc3o2)n1N=Cc1ccncc1. The highest BCUT2D eigenvalue weighted by Crippen LogP contribution is 2.29. The average Bonchev–Trinajstić information content (AvgIpc) is 3.17. The van der Waals surface area contributed by atoms with E-state index in [-0.39, 0.29) is 5.56 Å². The Morgan fingerprint density at radius 3 is 2.72 bits per heavy atom. The zero-order valence-corrected chi connectivity index (χ0v) is 15.7. The Balaban J connectivity index is 1.76. The van der Waals surface area contributed by atoms with E-state index in [0.717, 1.165) is 10.9 Å². The summed E-state index contributed by atoms with van der Waals surface area (Å²) in [6, 6.07) is 17.9. The molecule has 0 atom stereocenters. The number of furan rings is 1. The van der Waals surface area contributed by atoms with Crippen LogP contribution >= 0.6 is 11.6 Å². The van der Waals surface area contributed by atoms with Crippen molar-refractivity contribution in [3.8, 4) is 11.6 Å². The standard InChI is InChI=1S/C22H13ClN4O2/c23-16-5-6-19-15(11-16)12-20(29-19)21-26-18-4-2-1-3-17(18)22(28)27(21)25-13-14-7-9-24-10-8-14/h1-13H. The molecule has 3 aromatic heterocycles. The van der Waals surface area contributed by atoms with Gasteiger partial charge in [0.25, 0.3) is 5.56 Å². The van der Waals surface area contributed by atoms with Crippen LogP contribution in [0.15, 0.2) is 87.4 Å². The number of aromatic nitrogens is 3. The van der Waals surface area contributed by atoms with Gasteiger partial charge in [0.1, 0.15) is 5.58 Å². The molecule has 0 radical (unpaired) electrons. The molecule has 0 aliphatic heterocycles. The van der Waals surface area contributed by atoms with Crippen molar-refractivity contribution in [3.05, 3.63) is 94.0 Å². The Hall–Kier alpha value is -3.77. The fraction of sp³-hybridized carbons (Fsp3) is 0. The molecule has 3 heterocycles. The highest BCUT2D eigenvalue weighted by molar-refractivity contribution is 6.31. The molecular formula is C22H13ClN4O2. The van der Waals surface area contributed by atoms with E-state index in [2.05, 4.69) is 15.1 Å². The molecule has 0 fully saturated rings. The molecular weight excluding hydrogens is 388 g/mol. The third-order valence-corrected chi connectivity index (χ3v) is 4.72. The lowest BCUT2D eigenvalue weighted by Gasteiger charge is -2.07. The first-order valence-electron chi connectivity index (χ1n) is 8.85. The van der Waals surface area contributed by atoms with Gasteiger partial charge >= 0.3 is 0 Å². The van der Waals surface area contributed by atoms with Crippen LogP contribution < -0.4 is 5.56 Å². The first kappa shape index (κ1) is 17.3. The van der Waals surface area contributed by atoms with Gasteiger partial charge < -0.3 is 4.42 Å². The normalized spacial score (nSPS) is 11.6. The minimum atomic E-state index is -0.283. The molecule has 6 nitrogen and oxygen atoms in total. The van der Waals surface area contributed by atoms with Crippen LogP contribution in [0.25, 0.3) is 33.5 Å². The quantitative estimate of drug-likeness (QED) is 0.410. The van der Waals surface area contributed by atoms with Gasteiger partial charge in [-0.25, -0.2) is 4.98 Å². The minimum Gasteiger partial charge on any atom is -0.453 e. The van der Waals surface area contributed by atoms with Crippen molar-refractivity contribution in [1.29, 1.82) is 0 Å². The number of fused-ring (bicyclic) bond motifs is 2. The van der Waals surface area contributed by atoms with E-state index in [1.807, 2.05) is 6.07 Å². The molecule has 0 spiro atoms. The van der Waals surface area contributed by atoms with Crippen molar-refractivity contribution in [2.75, 3.05) is 0 Å². The largest absolute Gasteiger partial charge is 0.453 e. The van der Waals surface area contributed by atoms with Crippen LogP contribution in [0.4, 0.5) is 0 Å². The molecule has 140 valence electrons. The Morgan fingerprint density at radius 1 is 1.03 bits per heavy atom. The highest BCUT2D eigenvalue weighted by atomic mass is 35.5. The van der Waals surface area contributed by atoms with Gasteiger partial charge in [0.05, 0.1) is 17.1 Å². The smallest absolute Gasteiger partial charge is 0.282 e. The number of halogens is 1. The topological polar surface area (TPSA) is 73.3 Å². The third-order valence-electron chi connectivity index (χ3n) is 4.48. The number of para-hydroxylation sites is 1. The highest BCUT2D eigenvalue weighted by Gasteiger charge is 2.16. The Labute approximate surface area is 169 Å². The van der Waals surface area contributed by atoms with Gasteiger partial charge in [-0.2, -0.15) is 9.78 Å². The van der Waals surface area contributed by atoms with Crippen molar-refractivity contribution in [2.24, 2.45) is 5.10 Å². The van der Waals surface area contributed by atoms with Crippen molar-refractivity contribution in [3.63, 3.8) is 0 Å². The van der Waals surface area contributed by atoms with Gasteiger partial charge in [0.2, 0.25) is 5.82 Å². The summed E-state index contributed by atoms with van der Waals surface area (Å²) in [7, 11) is 0. The second kappa shape index (κ2) is 7.00. The molecule has 2 aromatic carbocycles. The second-order valence-corrected chi connectivity index (χ2v) is 6.82. The van der Waals surface area contributed by atoms with Gasteiger partial charge in [0.15, 0.2) is 5.76 Å². The summed E-state index contributed by atoms with van der Waals surface area (Å²) < 4.78 is 7.19. The monoisotopic (exact) mass is 400 g/mol. The number of hydrogen-bond acceptors (Lipinski definition) is 5. The van der Waals surface area contributed by atoms with E-state index in [0.29, 0.717) is 33.1 Å². The van der Waals surface area contributed by atoms with Crippen molar-refractivity contribution >= 4 is 39.7 Å². The predicted molar refractivity (Wildman–Crippen MR) is 113 cm³/mol. The van der Waals surface area contributed by atoms with Crippen LogP contribution in [0, 0.1) is 0 Å². The maximum Gasteiger partial charge on any atom is 0.282 e. The lowest BCUT2D eigenvalue weighted by Crippen LogP contribution is -2.20. The number of hydrogen-bond donors (Lipinski definition) is 0. The van der Waals surface area contributed by atoms with Crippen LogP contribution in [-0.4, -0.2) is 20.9 Å². The van der Waals surface area contributed by atoms with Gasteiger partial charge in [-0.3, -0.25) is 9.78 Å². The Bertz CT molecular complexity index is 1440. The van der Waals surface area contributed by atoms with Crippen LogP contribution in [0.5, 0.6) is 0 Å². The van der Waals surface area contributed by atoms with E-state index >= 15 is 0 Å². The lowest BCUT2D eigenvalue weighted by atomic mass is 10.2. The van der Waals surface area contributed by atoms with Crippen molar-refractivity contribution in [2.45, 2.75) is 0 Å². The zero-order valence-electron chi connectivity index (χ0n) is 15.0. The number of nitrogens with zero attached hydrogens (tertiary/aromatic N) is 4. The molecule has 0 N–H and O–H groups in total. The lowest BCUT2D eigenvalue weighted by molar-refractivity contribution is 0.616. The van der Waals surface area contributed by atoms with E-state index < -0.39 is 0 Å². The first-order chi connectivity index (χ1) is 14.2. The van der Waals surface area contributed by atoms with Gasteiger partial charge in [0, 0.05) is 22.8 Å². The molecule has 0 aliphatic rings. The van der Waals surface area contributed by atoms with E-state index in [1.54, 1.807) is 73.2 Å². The Kier molecular flexibility index (Phi) is 4.18. The van der Waals surface area contributed by atoms with Crippen LogP contribution in [0.2, 0.25) is 5.02 Å². The van der Waals surface area contributed by atoms with E-state index in [1.165, 1.54) is 4.68 Å². The van der Waals surface area contributed by atoms with Gasteiger partial charge in [-0.15, -0.1) is 0 Å². The van der Waals surface area contributed by atoms with Crippen LogP contribution in [-0.2, 0) is 0 Å². The Morgan fingerprint density at radius 2 is 1.86 bits per heavy atom. The fourth-order valence-electron chi connectivity index (χ4n) is 3.09. The van der Waals surface area contributed by atoms with Crippen molar-refractivity contribution < 1.29 is 4.42 Å². The molecule has 0 aliphatic carbocycles. The molecule has 0 saturated carbocycles. The second-order valence-electron chi connectivity index (χ2n) is 6.39. The predicted octanol–water partition coefficient (Wildman–Crippen LogP) is 4.74. The third kappa shape index (κ3) is 3.19. The maximum absolute atomic E-state index is 13.1. The summed E-state index contributed by atoms with van der Waals surface area (Å²) in [6.07, 6.45) is 4.90. The number of pyridine rings is 1. The molecule has 29 heavy (non-hydrogen) atoms. The summed E-state index contributed by atoms with van der Waals surface area (Å²) >= 11 is 6.08. The molecule has 0 saturated heterocycles. The van der Waals surface area contributed by atoms with E-state index in [9.17, 15) is 4.79 Å². The molecule has 0 bridgehead atoms. The summed E-state index contributed by atoms with van der Waals surface area (Å²) in [6.45, 7) is 0. The number of benzene rings is 2. The molecule has 5 aromatic rings. The fourth-order valence-corrected chi connectivity index (χ4v) is 3.27.